The summed E-state index contributed by atoms with van der Waals surface area (Å²) in [5.74, 6) is 0.341. The fourth-order valence-corrected chi connectivity index (χ4v) is 2.42. The quantitative estimate of drug-likeness (QED) is 0.843. The molecular weight excluding hydrogens is 310 g/mol. The number of rotatable bonds is 6. The summed E-state index contributed by atoms with van der Waals surface area (Å²) in [5, 5.41) is 3.46. The lowest BCUT2D eigenvalue weighted by atomic mass is 10.0. The maximum atomic E-state index is 12.3. The summed E-state index contributed by atoms with van der Waals surface area (Å²) in [4.78, 5) is 12.3. The van der Waals surface area contributed by atoms with E-state index < -0.39 is 6.10 Å². The zero-order valence-corrected chi connectivity index (χ0v) is 14.4. The van der Waals surface area contributed by atoms with Gasteiger partial charge in [0.25, 0.3) is 5.91 Å². The summed E-state index contributed by atoms with van der Waals surface area (Å²) >= 11 is 6.05. The minimum atomic E-state index is -0.618. The van der Waals surface area contributed by atoms with Crippen molar-refractivity contribution in [1.82, 2.24) is 5.32 Å². The van der Waals surface area contributed by atoms with Crippen LogP contribution >= 0.6 is 11.6 Å². The Labute approximate surface area is 142 Å². The summed E-state index contributed by atoms with van der Waals surface area (Å²) in [6.45, 7) is 5.79. The van der Waals surface area contributed by atoms with Gasteiger partial charge >= 0.3 is 0 Å². The summed E-state index contributed by atoms with van der Waals surface area (Å²) in [6, 6.07) is 15.3. The van der Waals surface area contributed by atoms with Gasteiger partial charge in [-0.15, -0.1) is 0 Å². The molecule has 2 aromatic rings. The Morgan fingerprint density at radius 2 is 1.78 bits per heavy atom. The van der Waals surface area contributed by atoms with Crippen LogP contribution in [-0.2, 0) is 11.2 Å². The minimum absolute atomic E-state index is 0.0781. The molecule has 4 heteroatoms. The summed E-state index contributed by atoms with van der Waals surface area (Å²) in [5.41, 5.74) is 2.35. The molecule has 0 heterocycles. The largest absolute Gasteiger partial charge is 0.479 e. The summed E-state index contributed by atoms with van der Waals surface area (Å²) in [7, 11) is 0. The Hall–Kier alpha value is -2.00. The van der Waals surface area contributed by atoms with Crippen molar-refractivity contribution in [2.45, 2.75) is 39.3 Å². The fourth-order valence-electron chi connectivity index (χ4n) is 2.24. The van der Waals surface area contributed by atoms with Crippen molar-refractivity contribution in [3.8, 4) is 5.75 Å². The predicted molar refractivity (Wildman–Crippen MR) is 93.9 cm³/mol. The molecule has 2 rings (SSSR count). The van der Waals surface area contributed by atoms with Gasteiger partial charge in [-0.2, -0.15) is 0 Å². The molecule has 1 amide bonds. The molecule has 0 fully saturated rings. The molecule has 0 saturated heterocycles. The third-order valence-electron chi connectivity index (χ3n) is 3.76. The molecule has 0 aliphatic heterocycles. The first-order valence-corrected chi connectivity index (χ1v) is 8.19. The van der Waals surface area contributed by atoms with Crippen molar-refractivity contribution in [3.63, 3.8) is 0 Å². The van der Waals surface area contributed by atoms with Gasteiger partial charge in [-0.05, 0) is 43.5 Å². The van der Waals surface area contributed by atoms with Crippen molar-refractivity contribution in [3.05, 3.63) is 64.7 Å². The first-order valence-electron chi connectivity index (χ1n) is 7.81. The van der Waals surface area contributed by atoms with Crippen LogP contribution in [0.25, 0.3) is 0 Å². The third-order valence-corrected chi connectivity index (χ3v) is 4.07. The molecule has 2 atom stereocenters. The number of amides is 1. The number of carbonyl (C=O) groups is 1. The average Bonchev–Trinajstić information content (AvgIpc) is 2.56. The lowest BCUT2D eigenvalue weighted by molar-refractivity contribution is -0.127. The molecule has 0 aliphatic carbocycles. The molecular formula is C19H22ClNO2. The van der Waals surface area contributed by atoms with E-state index in [-0.39, 0.29) is 11.9 Å². The average molecular weight is 332 g/mol. The predicted octanol–water partition coefficient (Wildman–Crippen LogP) is 4.55. The molecule has 0 radical (unpaired) electrons. The molecule has 0 spiro atoms. The first kappa shape index (κ1) is 17.4. The van der Waals surface area contributed by atoms with Crippen LogP contribution in [0.3, 0.4) is 0 Å². The highest BCUT2D eigenvalue weighted by atomic mass is 35.5. The van der Waals surface area contributed by atoms with E-state index in [0.717, 1.165) is 12.0 Å². The Bertz CT molecular complexity index is 655. The number of para-hydroxylation sites is 1. The number of carbonyl (C=O) groups excluding carboxylic acids is 1. The van der Waals surface area contributed by atoms with Gasteiger partial charge < -0.3 is 10.1 Å². The minimum Gasteiger partial charge on any atom is -0.479 e. The monoisotopic (exact) mass is 331 g/mol. The Morgan fingerprint density at radius 1 is 1.13 bits per heavy atom. The van der Waals surface area contributed by atoms with Crippen molar-refractivity contribution in [1.29, 1.82) is 0 Å². The van der Waals surface area contributed by atoms with Gasteiger partial charge in [0.2, 0.25) is 0 Å². The van der Waals surface area contributed by atoms with Crippen LogP contribution in [0.4, 0.5) is 0 Å². The fraction of sp³-hybridized carbons (Fsp3) is 0.316. The maximum Gasteiger partial charge on any atom is 0.261 e. The highest BCUT2D eigenvalue weighted by molar-refractivity contribution is 6.32. The Kier molecular flexibility index (Phi) is 6.05. The molecule has 0 unspecified atom stereocenters. The molecule has 1 N–H and O–H groups in total. The number of nitrogens with one attached hydrogen (secondary N) is 1. The van der Waals surface area contributed by atoms with Gasteiger partial charge in [0.05, 0.1) is 11.1 Å². The van der Waals surface area contributed by atoms with E-state index in [4.69, 9.17) is 16.3 Å². The Morgan fingerprint density at radius 3 is 2.39 bits per heavy atom. The SMILES string of the molecule is CCc1ccc([C@@H](C)NC(=O)[C@H](C)Oc2ccccc2Cl)cc1. The summed E-state index contributed by atoms with van der Waals surface area (Å²) < 4.78 is 5.64. The topological polar surface area (TPSA) is 38.3 Å². The molecule has 23 heavy (non-hydrogen) atoms. The number of aryl methyl sites for hydroxylation is 1. The molecule has 0 bridgehead atoms. The van der Waals surface area contributed by atoms with E-state index in [1.807, 2.05) is 31.2 Å². The van der Waals surface area contributed by atoms with E-state index in [1.165, 1.54) is 5.56 Å². The van der Waals surface area contributed by atoms with E-state index >= 15 is 0 Å². The second-order valence-electron chi connectivity index (χ2n) is 5.52. The van der Waals surface area contributed by atoms with Crippen molar-refractivity contribution < 1.29 is 9.53 Å². The van der Waals surface area contributed by atoms with Gasteiger partial charge in [0.15, 0.2) is 6.10 Å². The van der Waals surface area contributed by atoms with Crippen LogP contribution in [0.2, 0.25) is 5.02 Å². The molecule has 0 aliphatic rings. The normalized spacial score (nSPS) is 13.2. The molecule has 0 aromatic heterocycles. The van der Waals surface area contributed by atoms with Crippen LogP contribution in [-0.4, -0.2) is 12.0 Å². The van der Waals surface area contributed by atoms with Crippen LogP contribution in [0, 0.1) is 0 Å². The lowest BCUT2D eigenvalue weighted by Gasteiger charge is -2.19. The molecule has 0 saturated carbocycles. The van der Waals surface area contributed by atoms with Gasteiger partial charge in [-0.25, -0.2) is 0 Å². The zero-order valence-electron chi connectivity index (χ0n) is 13.7. The number of benzene rings is 2. The first-order chi connectivity index (χ1) is 11.0. The van der Waals surface area contributed by atoms with Gasteiger partial charge in [0.1, 0.15) is 5.75 Å². The molecule has 122 valence electrons. The van der Waals surface area contributed by atoms with Crippen LogP contribution in [0.1, 0.15) is 37.9 Å². The van der Waals surface area contributed by atoms with Gasteiger partial charge in [0, 0.05) is 0 Å². The van der Waals surface area contributed by atoms with E-state index in [1.54, 1.807) is 19.1 Å². The van der Waals surface area contributed by atoms with E-state index in [9.17, 15) is 4.79 Å². The number of hydrogen-bond acceptors (Lipinski definition) is 2. The zero-order chi connectivity index (χ0) is 16.8. The van der Waals surface area contributed by atoms with Gasteiger partial charge in [-0.3, -0.25) is 4.79 Å². The van der Waals surface area contributed by atoms with Gasteiger partial charge in [-0.1, -0.05) is 54.9 Å². The van der Waals surface area contributed by atoms with Crippen LogP contribution < -0.4 is 10.1 Å². The number of ether oxygens (including phenoxy) is 1. The van der Waals surface area contributed by atoms with Crippen molar-refractivity contribution in [2.75, 3.05) is 0 Å². The van der Waals surface area contributed by atoms with Crippen molar-refractivity contribution in [2.24, 2.45) is 0 Å². The Balaban J connectivity index is 1.95. The smallest absolute Gasteiger partial charge is 0.261 e. The standard InChI is InChI=1S/C19H22ClNO2/c1-4-15-9-11-16(12-10-15)13(2)21-19(22)14(3)23-18-8-6-5-7-17(18)20/h5-14H,4H2,1-3H3,(H,21,22)/t13-,14+/m1/s1. The highest BCUT2D eigenvalue weighted by Crippen LogP contribution is 2.24. The van der Waals surface area contributed by atoms with E-state index in [2.05, 4.69) is 24.4 Å². The number of halogens is 1. The second kappa shape index (κ2) is 8.02. The van der Waals surface area contributed by atoms with Crippen LogP contribution in [0.15, 0.2) is 48.5 Å². The third kappa shape index (κ3) is 4.73. The molecule has 2 aromatic carbocycles. The molecule has 3 nitrogen and oxygen atoms in total. The lowest BCUT2D eigenvalue weighted by Crippen LogP contribution is -2.37. The second-order valence-corrected chi connectivity index (χ2v) is 5.92. The number of hydrogen-bond donors (Lipinski definition) is 1. The maximum absolute atomic E-state index is 12.3. The summed E-state index contributed by atoms with van der Waals surface area (Å²) in [6.07, 6.45) is 0.385. The van der Waals surface area contributed by atoms with Crippen LogP contribution in [0.5, 0.6) is 5.75 Å². The van der Waals surface area contributed by atoms with E-state index in [0.29, 0.717) is 10.8 Å². The van der Waals surface area contributed by atoms with Crippen molar-refractivity contribution >= 4 is 17.5 Å². The highest BCUT2D eigenvalue weighted by Gasteiger charge is 2.18.